The molecule has 0 fully saturated rings. The first kappa shape index (κ1) is 16.5. The summed E-state index contributed by atoms with van der Waals surface area (Å²) in [6.07, 6.45) is 0. The van der Waals surface area contributed by atoms with Gasteiger partial charge in [-0.1, -0.05) is 5.04 Å². The van der Waals surface area contributed by atoms with Gasteiger partial charge in [-0.05, 0) is 45.3 Å². The van der Waals surface area contributed by atoms with Crippen LogP contribution in [0.3, 0.4) is 0 Å². The zero-order chi connectivity index (χ0) is 12.6. The van der Waals surface area contributed by atoms with Crippen molar-refractivity contribution in [1.29, 1.82) is 0 Å². The first-order valence-corrected chi connectivity index (χ1v) is 3.19. The molecule has 100 valence electrons. The zero-order valence-electron chi connectivity index (χ0n) is 7.62. The third kappa shape index (κ3) is 15.5. The van der Waals surface area contributed by atoms with Crippen LogP contribution < -0.4 is 0 Å². The second-order valence-corrected chi connectivity index (χ2v) is 1.37. The van der Waals surface area contributed by atoms with Crippen molar-refractivity contribution in [2.24, 2.45) is 0 Å². The molecule has 0 radical (unpaired) electrons. The van der Waals surface area contributed by atoms with Crippen molar-refractivity contribution in [3.05, 3.63) is 0 Å². The second kappa shape index (κ2) is 15.5. The Morgan fingerprint density at radius 2 is 1.06 bits per heavy atom. The monoisotopic (exact) mass is 266 g/mol. The minimum atomic E-state index is -0.477. The van der Waals surface area contributed by atoms with Crippen molar-refractivity contribution >= 4 is 15.4 Å². The van der Waals surface area contributed by atoms with Gasteiger partial charge < -0.3 is 4.57 Å². The third-order valence-electron chi connectivity index (χ3n) is 0.589. The Hall–Kier alpha value is -0.470. The van der Waals surface area contributed by atoms with E-state index in [-0.39, 0.29) is 0 Å². The molecule has 0 aliphatic rings. The van der Waals surface area contributed by atoms with Crippen LogP contribution in [0, 0.1) is 0 Å². The van der Waals surface area contributed by atoms with Gasteiger partial charge in [0, 0.05) is 0 Å². The van der Waals surface area contributed by atoms with E-state index >= 15 is 0 Å². The molecule has 0 aliphatic carbocycles. The average molecular weight is 266 g/mol. The van der Waals surface area contributed by atoms with Gasteiger partial charge in [-0.15, -0.1) is 0 Å². The summed E-state index contributed by atoms with van der Waals surface area (Å²) >= 11 is 0. The lowest BCUT2D eigenvalue weighted by atomic mass is 10.3. The summed E-state index contributed by atoms with van der Waals surface area (Å²) in [5.41, 5.74) is 0. The Bertz CT molecular complexity index is 112. The minimum Gasteiger partial charge on any atom is -0.453 e. The number of hydrogen-bond donors (Lipinski definition) is 2. The van der Waals surface area contributed by atoms with Crippen molar-refractivity contribution < 1.29 is 75.1 Å². The quantitative estimate of drug-likeness (QED) is 0.151. The van der Waals surface area contributed by atoms with Gasteiger partial charge in [0.1, 0.15) is 0 Å². The fraction of sp³-hybridized carbons (Fsp3) is 0. The van der Waals surface area contributed by atoms with Crippen molar-refractivity contribution in [3.8, 4) is 0 Å². The van der Waals surface area contributed by atoms with Crippen LogP contribution in [0.5, 0.6) is 0 Å². The molecule has 0 amide bonds. The molecule has 0 aliphatic heterocycles. The van der Waals surface area contributed by atoms with Crippen molar-refractivity contribution in [1.82, 2.24) is 0 Å². The average Bonchev–Trinajstić information content (AvgIpc) is 2.35. The smallest absolute Gasteiger partial charge is 0.453 e. The maximum atomic E-state index is 7.64. The Kier molecular flexibility index (Phi) is 15.1. The maximum Gasteiger partial charge on any atom is 0.464 e. The van der Waals surface area contributed by atoms with Crippen molar-refractivity contribution in [2.75, 3.05) is 0 Å². The van der Waals surface area contributed by atoms with Gasteiger partial charge in [0.25, 0.3) is 0 Å². The highest BCUT2D eigenvalue weighted by molar-refractivity contribution is 6.33. The van der Waals surface area contributed by atoms with E-state index in [9.17, 15) is 0 Å². The van der Waals surface area contributed by atoms with Gasteiger partial charge in [0.15, 0.2) is 0 Å². The second-order valence-electron chi connectivity index (χ2n) is 1.37. The molecule has 2 N–H and O–H groups in total. The summed E-state index contributed by atoms with van der Waals surface area (Å²) in [6.45, 7) is 0. The van der Waals surface area contributed by atoms with E-state index in [4.69, 9.17) is 10.5 Å². The highest BCUT2D eigenvalue weighted by Gasteiger charge is 2.00. The van der Waals surface area contributed by atoms with Crippen LogP contribution in [0.4, 0.5) is 0 Å². The van der Waals surface area contributed by atoms with Crippen molar-refractivity contribution in [2.45, 2.75) is 0 Å². The largest absolute Gasteiger partial charge is 0.464 e. The molecule has 0 aromatic carbocycles. The van der Waals surface area contributed by atoms with Crippen LogP contribution in [-0.4, -0.2) is 25.9 Å². The van der Waals surface area contributed by atoms with E-state index in [1.54, 1.807) is 0 Å². The summed E-state index contributed by atoms with van der Waals surface area (Å²) in [4.78, 5) is 7.89. The molecule has 15 nitrogen and oxygen atoms in total. The van der Waals surface area contributed by atoms with E-state index in [2.05, 4.69) is 64.6 Å². The fourth-order valence-electron chi connectivity index (χ4n) is 0.243. The predicted molar refractivity (Wildman–Crippen MR) is 33.7 cm³/mol. The van der Waals surface area contributed by atoms with Crippen LogP contribution in [-0.2, 0) is 64.6 Å². The van der Waals surface area contributed by atoms with Gasteiger partial charge in [0.05, 0.1) is 0 Å². The molecule has 17 heteroatoms. The Morgan fingerprint density at radius 1 is 0.529 bits per heavy atom. The molecule has 0 atom stereocenters. The van der Waals surface area contributed by atoms with E-state index < -0.39 is 15.4 Å². The van der Waals surface area contributed by atoms with Gasteiger partial charge in [-0.3, -0.25) is 0 Å². The summed E-state index contributed by atoms with van der Waals surface area (Å²) in [6, 6.07) is 0. The Labute approximate surface area is 91.7 Å². The normalized spacial score (nSPS) is 10.5. The summed E-state index contributed by atoms with van der Waals surface area (Å²) in [7, 11) is -0.923. The molecular weight excluding hydrogens is 262 g/mol. The van der Waals surface area contributed by atoms with Crippen molar-refractivity contribution in [3.63, 3.8) is 0 Å². The predicted octanol–water partition coefficient (Wildman–Crippen LogP) is -2.17. The van der Waals surface area contributed by atoms with Crippen LogP contribution in [0.25, 0.3) is 0 Å². The molecule has 0 aromatic heterocycles. The standard InChI is InChI=1S/B2H4O15/c3-8-6-1-5-2-7-10-12-14-16-17-15-13-11-9-4/h1-4H. The highest BCUT2D eigenvalue weighted by atomic mass is 17.9. The lowest BCUT2D eigenvalue weighted by Crippen LogP contribution is -2.12. The highest BCUT2D eigenvalue weighted by Crippen LogP contribution is 1.89. The Balaban J connectivity index is 2.85. The summed E-state index contributed by atoms with van der Waals surface area (Å²) < 4.78 is 4.39. The molecule has 0 rings (SSSR count). The van der Waals surface area contributed by atoms with Crippen LogP contribution in [0.2, 0.25) is 0 Å². The Morgan fingerprint density at radius 3 is 1.65 bits per heavy atom. The lowest BCUT2D eigenvalue weighted by Gasteiger charge is -1.99. The SMILES string of the molecule is OOOBOBOOOOOOOOOOO. The van der Waals surface area contributed by atoms with Gasteiger partial charge in [-0.2, -0.15) is 0 Å². The first-order chi connectivity index (χ1) is 8.41. The lowest BCUT2D eigenvalue weighted by molar-refractivity contribution is -0.852. The number of rotatable bonds is 14. The van der Waals surface area contributed by atoms with E-state index in [0.29, 0.717) is 0 Å². The van der Waals surface area contributed by atoms with Crippen LogP contribution in [0.1, 0.15) is 0 Å². The third-order valence-corrected chi connectivity index (χ3v) is 0.589. The zero-order valence-corrected chi connectivity index (χ0v) is 7.62. The number of hydrogen-bond acceptors (Lipinski definition) is 15. The summed E-state index contributed by atoms with van der Waals surface area (Å²) in [5, 5.41) is 49.1. The topological polar surface area (TPSA) is 160 Å². The van der Waals surface area contributed by atoms with E-state index in [1.807, 2.05) is 0 Å². The summed E-state index contributed by atoms with van der Waals surface area (Å²) in [5.74, 6) is 0. The van der Waals surface area contributed by atoms with Crippen LogP contribution in [0.15, 0.2) is 0 Å². The van der Waals surface area contributed by atoms with Gasteiger partial charge in [0.2, 0.25) is 0 Å². The van der Waals surface area contributed by atoms with E-state index in [1.165, 1.54) is 0 Å². The first-order valence-electron chi connectivity index (χ1n) is 3.19. The molecule has 0 unspecified atom stereocenters. The van der Waals surface area contributed by atoms with Gasteiger partial charge >= 0.3 is 15.4 Å². The molecule has 0 bridgehead atoms. The fourth-order valence-corrected chi connectivity index (χ4v) is 0.243. The van der Waals surface area contributed by atoms with Gasteiger partial charge in [-0.25, -0.2) is 20.1 Å². The molecule has 0 saturated carbocycles. The minimum absolute atomic E-state index is 0.446. The molecular formula is H4B2O15. The molecule has 0 heterocycles. The molecule has 17 heavy (non-hydrogen) atoms. The molecule has 0 aromatic rings. The molecule has 0 saturated heterocycles. The molecule has 0 spiro atoms. The maximum absolute atomic E-state index is 7.64. The van der Waals surface area contributed by atoms with Crippen LogP contribution >= 0.6 is 0 Å². The van der Waals surface area contributed by atoms with E-state index in [0.717, 1.165) is 0 Å².